The summed E-state index contributed by atoms with van der Waals surface area (Å²) in [5, 5.41) is 12.5. The van der Waals surface area contributed by atoms with Crippen LogP contribution < -0.4 is 5.73 Å². The van der Waals surface area contributed by atoms with Crippen LogP contribution in [-0.2, 0) is 0 Å². The summed E-state index contributed by atoms with van der Waals surface area (Å²) in [6, 6.07) is 1.86. The smallest absolute Gasteiger partial charge is 0.227 e. The molecule has 5 rings (SSSR count). The highest BCUT2D eigenvalue weighted by Crippen LogP contribution is 2.61. The molecule has 20 heavy (non-hydrogen) atoms. The van der Waals surface area contributed by atoms with Crippen LogP contribution in [0.15, 0.2) is 4.52 Å². The first-order chi connectivity index (χ1) is 9.61. The molecule has 0 atom stereocenters. The molecule has 0 amide bonds. The molecular formula is C15H17N3O2. The summed E-state index contributed by atoms with van der Waals surface area (Å²) in [6.07, 6.45) is 6.71. The zero-order valence-electron chi connectivity index (χ0n) is 11.3. The van der Waals surface area contributed by atoms with Gasteiger partial charge in [0.15, 0.2) is 0 Å². The van der Waals surface area contributed by atoms with Crippen molar-refractivity contribution in [3.63, 3.8) is 0 Å². The van der Waals surface area contributed by atoms with Gasteiger partial charge < -0.3 is 10.3 Å². The molecule has 0 saturated heterocycles. The van der Waals surface area contributed by atoms with Crippen LogP contribution in [0.4, 0.5) is 5.69 Å². The van der Waals surface area contributed by atoms with Crippen molar-refractivity contribution in [2.24, 2.45) is 23.2 Å². The molecule has 5 heteroatoms. The molecule has 104 valence electrons. The lowest BCUT2D eigenvalue weighted by molar-refractivity contribution is -0.0367. The third-order valence-corrected chi connectivity index (χ3v) is 5.56. The van der Waals surface area contributed by atoms with E-state index in [2.05, 4.69) is 5.16 Å². The first kappa shape index (κ1) is 12.0. The van der Waals surface area contributed by atoms with E-state index in [4.69, 9.17) is 15.5 Å². The third-order valence-electron chi connectivity index (χ3n) is 5.56. The molecule has 1 aromatic heterocycles. The van der Waals surface area contributed by atoms with Gasteiger partial charge in [-0.2, -0.15) is 5.26 Å². The van der Waals surface area contributed by atoms with Gasteiger partial charge in [-0.25, -0.2) is 0 Å². The van der Waals surface area contributed by atoms with Crippen LogP contribution in [0.1, 0.15) is 54.8 Å². The predicted molar refractivity (Wildman–Crippen MR) is 70.6 cm³/mol. The fourth-order valence-electron chi connectivity index (χ4n) is 5.17. The van der Waals surface area contributed by atoms with Gasteiger partial charge in [-0.1, -0.05) is 5.16 Å². The molecule has 2 N–H and O–H groups in total. The molecule has 0 aromatic carbocycles. The Hall–Kier alpha value is -1.83. The Morgan fingerprint density at radius 1 is 1.25 bits per heavy atom. The lowest BCUT2D eigenvalue weighted by Crippen LogP contribution is -2.50. The fraction of sp³-hybridized carbons (Fsp3) is 0.667. The molecule has 0 unspecified atom stereocenters. The van der Waals surface area contributed by atoms with Crippen molar-refractivity contribution in [3.05, 3.63) is 11.5 Å². The van der Waals surface area contributed by atoms with Gasteiger partial charge in [0.25, 0.3) is 0 Å². The molecule has 0 radical (unpaired) electrons. The van der Waals surface area contributed by atoms with E-state index in [0.717, 1.165) is 19.3 Å². The van der Waals surface area contributed by atoms with Gasteiger partial charge in [0, 0.05) is 5.41 Å². The van der Waals surface area contributed by atoms with Crippen molar-refractivity contribution in [1.82, 2.24) is 5.16 Å². The number of hydrogen-bond acceptors (Lipinski definition) is 5. The van der Waals surface area contributed by atoms with Crippen LogP contribution in [0, 0.1) is 34.5 Å². The van der Waals surface area contributed by atoms with Gasteiger partial charge in [0.2, 0.25) is 17.2 Å². The molecule has 4 bridgehead atoms. The van der Waals surface area contributed by atoms with Crippen molar-refractivity contribution in [2.45, 2.75) is 38.5 Å². The number of Topliss-reactive ketones (excluding diaryl/α,β-unsaturated/α-hetero) is 1. The number of hydrogen-bond donors (Lipinski definition) is 1. The quantitative estimate of drug-likeness (QED) is 0.834. The highest BCUT2D eigenvalue weighted by Gasteiger charge is 2.55. The van der Waals surface area contributed by atoms with Gasteiger partial charge in [-0.05, 0) is 56.3 Å². The standard InChI is InChI=1S/C15H17N3O2/c16-7-11-12(17)13(20-18-11)14(19)15-4-8-1-9(5-15)3-10(2-8)6-15/h8-10H,1-6,17H2. The van der Waals surface area contributed by atoms with Crippen molar-refractivity contribution < 1.29 is 9.32 Å². The topological polar surface area (TPSA) is 92.9 Å². The number of carbonyl (C=O) groups excluding carboxylic acids is 1. The molecule has 0 spiro atoms. The average Bonchev–Trinajstić information content (AvgIpc) is 2.77. The minimum absolute atomic E-state index is 0.0110. The minimum atomic E-state index is -0.296. The maximum atomic E-state index is 12.9. The van der Waals surface area contributed by atoms with Gasteiger partial charge in [-0.15, -0.1) is 0 Å². The number of rotatable bonds is 2. The summed E-state index contributed by atoms with van der Waals surface area (Å²) in [7, 11) is 0. The minimum Gasteiger partial charge on any atom is -0.393 e. The molecule has 4 saturated carbocycles. The average molecular weight is 271 g/mol. The molecule has 4 aliphatic carbocycles. The highest BCUT2D eigenvalue weighted by atomic mass is 16.5. The predicted octanol–water partition coefficient (Wildman–Crippen LogP) is 2.53. The Kier molecular flexibility index (Phi) is 2.30. The molecular weight excluding hydrogens is 254 g/mol. The van der Waals surface area contributed by atoms with Crippen molar-refractivity contribution >= 4 is 11.5 Å². The Balaban J connectivity index is 1.72. The number of nitriles is 1. The van der Waals surface area contributed by atoms with E-state index in [9.17, 15) is 4.79 Å². The van der Waals surface area contributed by atoms with Crippen LogP contribution in [0.3, 0.4) is 0 Å². The van der Waals surface area contributed by atoms with Crippen LogP contribution in [-0.4, -0.2) is 10.9 Å². The zero-order chi connectivity index (χ0) is 13.9. The second-order valence-electron chi connectivity index (χ2n) is 6.91. The number of nitrogen functional groups attached to an aromatic ring is 1. The highest BCUT2D eigenvalue weighted by molar-refractivity contribution is 6.02. The summed E-state index contributed by atoms with van der Waals surface area (Å²) in [4.78, 5) is 12.9. The van der Waals surface area contributed by atoms with E-state index in [1.165, 1.54) is 19.3 Å². The monoisotopic (exact) mass is 271 g/mol. The summed E-state index contributed by atoms with van der Waals surface area (Å²) in [5.74, 6) is 2.16. The number of anilines is 1. The van der Waals surface area contributed by atoms with Crippen LogP contribution in [0.2, 0.25) is 0 Å². The van der Waals surface area contributed by atoms with Crippen LogP contribution in [0.25, 0.3) is 0 Å². The van der Waals surface area contributed by atoms with Crippen LogP contribution in [0.5, 0.6) is 0 Å². The number of ketones is 1. The van der Waals surface area contributed by atoms with Crippen LogP contribution >= 0.6 is 0 Å². The lowest BCUT2D eigenvalue weighted by atomic mass is 9.48. The summed E-state index contributed by atoms with van der Waals surface area (Å²) < 4.78 is 5.09. The first-order valence-corrected chi connectivity index (χ1v) is 7.31. The van der Waals surface area contributed by atoms with E-state index in [0.29, 0.717) is 17.8 Å². The molecule has 0 aliphatic heterocycles. The summed E-state index contributed by atoms with van der Waals surface area (Å²) in [5.41, 5.74) is 5.68. The van der Waals surface area contributed by atoms with Crippen molar-refractivity contribution in [1.29, 1.82) is 5.26 Å². The lowest BCUT2D eigenvalue weighted by Gasteiger charge is -2.55. The van der Waals surface area contributed by atoms with Gasteiger partial charge in [-0.3, -0.25) is 4.79 Å². The summed E-state index contributed by atoms with van der Waals surface area (Å²) >= 11 is 0. The second-order valence-corrected chi connectivity index (χ2v) is 6.91. The Labute approximate surface area is 117 Å². The third kappa shape index (κ3) is 1.48. The Morgan fingerprint density at radius 3 is 2.25 bits per heavy atom. The van der Waals surface area contributed by atoms with Gasteiger partial charge in [0.1, 0.15) is 11.8 Å². The number of nitrogens with two attached hydrogens (primary N) is 1. The number of aromatic nitrogens is 1. The van der Waals surface area contributed by atoms with E-state index in [1.807, 2.05) is 6.07 Å². The molecule has 5 nitrogen and oxygen atoms in total. The maximum Gasteiger partial charge on any atom is 0.227 e. The molecule has 4 aliphatic rings. The normalized spacial score (nSPS) is 37.9. The summed E-state index contributed by atoms with van der Waals surface area (Å²) in [6.45, 7) is 0. The largest absolute Gasteiger partial charge is 0.393 e. The zero-order valence-corrected chi connectivity index (χ0v) is 11.3. The second kappa shape index (κ2) is 3.85. The fourth-order valence-corrected chi connectivity index (χ4v) is 5.17. The van der Waals surface area contributed by atoms with E-state index >= 15 is 0 Å². The Morgan fingerprint density at radius 2 is 1.80 bits per heavy atom. The van der Waals surface area contributed by atoms with Crippen molar-refractivity contribution in [2.75, 3.05) is 5.73 Å². The number of carbonyl (C=O) groups is 1. The molecule has 1 aromatic rings. The maximum absolute atomic E-state index is 12.9. The van der Waals surface area contributed by atoms with Gasteiger partial charge in [0.05, 0.1) is 0 Å². The Bertz CT molecular complexity index is 590. The van der Waals surface area contributed by atoms with Gasteiger partial charge >= 0.3 is 0 Å². The number of nitrogens with zero attached hydrogens (tertiary/aromatic N) is 2. The van der Waals surface area contributed by atoms with E-state index in [1.54, 1.807) is 0 Å². The SMILES string of the molecule is N#Cc1noc(C(=O)C23CC4CC(CC(C4)C2)C3)c1N. The first-order valence-electron chi connectivity index (χ1n) is 7.31. The molecule has 1 heterocycles. The van der Waals surface area contributed by atoms with Crippen molar-refractivity contribution in [3.8, 4) is 6.07 Å². The van der Waals surface area contributed by atoms with E-state index in [-0.39, 0.29) is 28.3 Å². The van der Waals surface area contributed by atoms with E-state index < -0.39 is 0 Å². The molecule has 4 fully saturated rings.